The largest absolute Gasteiger partial charge is 0.316 e. The molecule has 1 aliphatic rings. The van der Waals surface area contributed by atoms with Gasteiger partial charge in [-0.15, -0.1) is 11.8 Å². The van der Waals surface area contributed by atoms with E-state index in [4.69, 9.17) is 5.26 Å². The highest BCUT2D eigenvalue weighted by Gasteiger charge is 2.15. The second-order valence-electron chi connectivity index (χ2n) is 3.37. The quantitative estimate of drug-likeness (QED) is 0.800. The number of thioether (sulfide) groups is 1. The van der Waals surface area contributed by atoms with E-state index in [1.165, 1.54) is 11.3 Å². The molecule has 0 amide bonds. The molecule has 0 radical (unpaired) electrons. The summed E-state index contributed by atoms with van der Waals surface area (Å²) in [5.74, 6) is 0. The molecule has 1 heterocycles. The summed E-state index contributed by atoms with van der Waals surface area (Å²) in [5, 5.41) is 12.7. The average Bonchev–Trinajstić information content (AvgIpc) is 2.72. The second-order valence-corrected chi connectivity index (χ2v) is 4.74. The number of rotatable bonds is 2. The first-order chi connectivity index (χ1) is 6.88. The van der Waals surface area contributed by atoms with Crippen LogP contribution < -0.4 is 5.32 Å². The Bertz CT molecular complexity index is 333. The molecule has 1 aliphatic heterocycles. The van der Waals surface area contributed by atoms with Crippen LogP contribution in [0.3, 0.4) is 0 Å². The standard InChI is InChI=1S/C11H12N2S/c12-7-9-1-3-10(4-2-9)14-11-5-6-13-8-11/h1-4,11,13H,5-6,8H2. The molecule has 1 fully saturated rings. The first-order valence-electron chi connectivity index (χ1n) is 4.76. The molecule has 0 bridgehead atoms. The zero-order valence-corrected chi connectivity index (χ0v) is 8.68. The Morgan fingerprint density at radius 3 is 2.71 bits per heavy atom. The van der Waals surface area contributed by atoms with Crippen LogP contribution in [-0.4, -0.2) is 18.3 Å². The molecule has 1 aromatic carbocycles. The summed E-state index contributed by atoms with van der Waals surface area (Å²) in [5.41, 5.74) is 0.735. The van der Waals surface area contributed by atoms with E-state index in [0.29, 0.717) is 5.25 Å². The minimum absolute atomic E-state index is 0.697. The second kappa shape index (κ2) is 4.50. The summed E-state index contributed by atoms with van der Waals surface area (Å²) in [4.78, 5) is 1.26. The van der Waals surface area contributed by atoms with Gasteiger partial charge < -0.3 is 5.32 Å². The highest BCUT2D eigenvalue weighted by molar-refractivity contribution is 8.00. The first kappa shape index (κ1) is 9.57. The van der Waals surface area contributed by atoms with Crippen molar-refractivity contribution in [3.8, 4) is 6.07 Å². The lowest BCUT2D eigenvalue weighted by Gasteiger charge is -2.07. The van der Waals surface area contributed by atoms with Crippen LogP contribution in [0.2, 0.25) is 0 Å². The lowest BCUT2D eigenvalue weighted by Crippen LogP contribution is -2.09. The third-order valence-corrected chi connectivity index (χ3v) is 3.58. The molecule has 2 nitrogen and oxygen atoms in total. The van der Waals surface area contributed by atoms with Crippen LogP contribution in [0, 0.1) is 11.3 Å². The van der Waals surface area contributed by atoms with Crippen LogP contribution >= 0.6 is 11.8 Å². The van der Waals surface area contributed by atoms with Gasteiger partial charge in [0.2, 0.25) is 0 Å². The summed E-state index contributed by atoms with van der Waals surface area (Å²) in [6.07, 6.45) is 1.24. The van der Waals surface area contributed by atoms with Gasteiger partial charge >= 0.3 is 0 Å². The molecule has 72 valence electrons. The lowest BCUT2D eigenvalue weighted by molar-refractivity contribution is 0.858. The molecule has 0 spiro atoms. The van der Waals surface area contributed by atoms with Gasteiger partial charge in [-0.2, -0.15) is 5.26 Å². The van der Waals surface area contributed by atoms with E-state index in [0.717, 1.165) is 18.7 Å². The van der Waals surface area contributed by atoms with Gasteiger partial charge in [0.15, 0.2) is 0 Å². The van der Waals surface area contributed by atoms with E-state index in [9.17, 15) is 0 Å². The van der Waals surface area contributed by atoms with Crippen LogP contribution in [-0.2, 0) is 0 Å². The summed E-state index contributed by atoms with van der Waals surface area (Å²) >= 11 is 1.90. The van der Waals surface area contributed by atoms with E-state index < -0.39 is 0 Å². The molecule has 2 rings (SSSR count). The van der Waals surface area contributed by atoms with Gasteiger partial charge in [-0.3, -0.25) is 0 Å². The maximum absolute atomic E-state index is 8.65. The van der Waals surface area contributed by atoms with E-state index in [-0.39, 0.29) is 0 Å². The number of nitrogens with one attached hydrogen (secondary N) is 1. The van der Waals surface area contributed by atoms with Crippen molar-refractivity contribution in [2.45, 2.75) is 16.6 Å². The molecule has 1 unspecified atom stereocenters. The lowest BCUT2D eigenvalue weighted by atomic mass is 10.2. The van der Waals surface area contributed by atoms with E-state index >= 15 is 0 Å². The zero-order valence-electron chi connectivity index (χ0n) is 7.86. The predicted octanol–water partition coefficient (Wildman–Crippen LogP) is 2.01. The Hall–Kier alpha value is -0.980. The molecule has 1 saturated heterocycles. The van der Waals surface area contributed by atoms with E-state index in [1.54, 1.807) is 0 Å². The molecular formula is C11H12N2S. The fraction of sp³-hybridized carbons (Fsp3) is 0.364. The number of nitrogens with zero attached hydrogens (tertiary/aromatic N) is 1. The van der Waals surface area contributed by atoms with Crippen molar-refractivity contribution >= 4 is 11.8 Å². The van der Waals surface area contributed by atoms with Gasteiger partial charge in [0.25, 0.3) is 0 Å². The molecule has 0 aromatic heterocycles. The maximum atomic E-state index is 8.65. The van der Waals surface area contributed by atoms with Crippen molar-refractivity contribution in [2.24, 2.45) is 0 Å². The fourth-order valence-electron chi connectivity index (χ4n) is 1.53. The molecule has 0 saturated carbocycles. The van der Waals surface area contributed by atoms with Gasteiger partial charge in [0.1, 0.15) is 0 Å². The zero-order chi connectivity index (χ0) is 9.80. The average molecular weight is 204 g/mol. The van der Waals surface area contributed by atoms with Crippen molar-refractivity contribution < 1.29 is 0 Å². The SMILES string of the molecule is N#Cc1ccc(SC2CCNC2)cc1. The van der Waals surface area contributed by atoms with Crippen molar-refractivity contribution in [1.82, 2.24) is 5.32 Å². The van der Waals surface area contributed by atoms with Crippen LogP contribution in [0.4, 0.5) is 0 Å². The molecule has 1 aromatic rings. The van der Waals surface area contributed by atoms with Crippen molar-refractivity contribution in [3.05, 3.63) is 29.8 Å². The molecule has 3 heteroatoms. The number of hydrogen-bond donors (Lipinski definition) is 1. The molecule has 14 heavy (non-hydrogen) atoms. The Balaban J connectivity index is 1.99. The van der Waals surface area contributed by atoms with Crippen molar-refractivity contribution in [1.29, 1.82) is 5.26 Å². The Morgan fingerprint density at radius 2 is 2.14 bits per heavy atom. The maximum Gasteiger partial charge on any atom is 0.0991 e. The number of nitriles is 1. The van der Waals surface area contributed by atoms with Crippen LogP contribution in [0.25, 0.3) is 0 Å². The molecule has 1 atom stereocenters. The number of benzene rings is 1. The monoisotopic (exact) mass is 204 g/mol. The van der Waals surface area contributed by atoms with Gasteiger partial charge in [0.05, 0.1) is 11.6 Å². The third kappa shape index (κ3) is 2.28. The van der Waals surface area contributed by atoms with Crippen LogP contribution in [0.15, 0.2) is 29.2 Å². The topological polar surface area (TPSA) is 35.8 Å². The Labute approximate surface area is 88.3 Å². The summed E-state index contributed by atoms with van der Waals surface area (Å²) in [6, 6.07) is 9.94. The minimum Gasteiger partial charge on any atom is -0.316 e. The fourth-order valence-corrected chi connectivity index (χ4v) is 2.64. The summed E-state index contributed by atoms with van der Waals surface area (Å²) < 4.78 is 0. The first-order valence-corrected chi connectivity index (χ1v) is 5.64. The van der Waals surface area contributed by atoms with Crippen molar-refractivity contribution in [3.63, 3.8) is 0 Å². The van der Waals surface area contributed by atoms with Gasteiger partial charge in [-0.05, 0) is 37.2 Å². The van der Waals surface area contributed by atoms with Gasteiger partial charge in [-0.25, -0.2) is 0 Å². The molecule has 1 N–H and O–H groups in total. The highest BCUT2D eigenvalue weighted by atomic mass is 32.2. The van der Waals surface area contributed by atoms with Crippen LogP contribution in [0.5, 0.6) is 0 Å². The smallest absolute Gasteiger partial charge is 0.0991 e. The molecule has 0 aliphatic carbocycles. The Morgan fingerprint density at radius 1 is 1.36 bits per heavy atom. The van der Waals surface area contributed by atoms with Gasteiger partial charge in [0, 0.05) is 16.7 Å². The highest BCUT2D eigenvalue weighted by Crippen LogP contribution is 2.26. The summed E-state index contributed by atoms with van der Waals surface area (Å²) in [6.45, 7) is 2.23. The predicted molar refractivity (Wildman–Crippen MR) is 58.3 cm³/mol. The van der Waals surface area contributed by atoms with Crippen LogP contribution in [0.1, 0.15) is 12.0 Å². The van der Waals surface area contributed by atoms with Gasteiger partial charge in [-0.1, -0.05) is 0 Å². The Kier molecular flexibility index (Phi) is 3.07. The summed E-state index contributed by atoms with van der Waals surface area (Å²) in [7, 11) is 0. The third-order valence-electron chi connectivity index (χ3n) is 2.30. The minimum atomic E-state index is 0.697. The van der Waals surface area contributed by atoms with E-state index in [1.807, 2.05) is 36.0 Å². The number of hydrogen-bond acceptors (Lipinski definition) is 3. The van der Waals surface area contributed by atoms with Crippen molar-refractivity contribution in [2.75, 3.05) is 13.1 Å². The molecular weight excluding hydrogens is 192 g/mol. The van der Waals surface area contributed by atoms with E-state index in [2.05, 4.69) is 11.4 Å². The normalized spacial score (nSPS) is 20.6.